The predicted octanol–water partition coefficient (Wildman–Crippen LogP) is -1.29. The number of nitrogens with zero attached hydrogens (tertiary/aromatic N) is 1. The van der Waals surface area contributed by atoms with E-state index >= 15 is 0 Å². The highest BCUT2D eigenvalue weighted by Gasteiger charge is 2.23. The van der Waals surface area contributed by atoms with Gasteiger partial charge >= 0.3 is 5.97 Å². The zero-order valence-corrected chi connectivity index (χ0v) is 13.4. The molecule has 10 nitrogen and oxygen atoms in total. The third-order valence-electron chi connectivity index (χ3n) is 2.89. The van der Waals surface area contributed by atoms with Gasteiger partial charge in [0.1, 0.15) is 17.1 Å². The molecule has 1 aromatic rings. The van der Waals surface area contributed by atoms with Crippen molar-refractivity contribution in [1.82, 2.24) is 14.6 Å². The number of carbonyl (C=O) groups excluding carboxylic acids is 2. The number of carbonyl (C=O) groups is 3. The van der Waals surface area contributed by atoms with Crippen LogP contribution in [0.15, 0.2) is 17.2 Å². The second kappa shape index (κ2) is 7.24. The zero-order chi connectivity index (χ0) is 17.8. The number of rotatable bonds is 8. The van der Waals surface area contributed by atoms with Crippen molar-refractivity contribution < 1.29 is 27.9 Å². The third-order valence-corrected chi connectivity index (χ3v) is 4.28. The molecule has 0 spiro atoms. The average Bonchev–Trinajstić information content (AvgIpc) is 2.92. The summed E-state index contributed by atoms with van der Waals surface area (Å²) in [5.41, 5.74) is 4.92. The minimum Gasteiger partial charge on any atom is -0.480 e. The van der Waals surface area contributed by atoms with Crippen molar-refractivity contribution in [2.75, 3.05) is 13.1 Å². The quantitative estimate of drug-likeness (QED) is 0.458. The van der Waals surface area contributed by atoms with Crippen molar-refractivity contribution in [2.45, 2.75) is 24.8 Å². The number of aliphatic carboxylic acids is 1. The number of amides is 2. The number of primary amides is 1. The number of H-pyrrole nitrogens is 1. The van der Waals surface area contributed by atoms with Gasteiger partial charge in [0, 0.05) is 12.2 Å². The van der Waals surface area contributed by atoms with Gasteiger partial charge in [-0.1, -0.05) is 0 Å². The Kier molecular flexibility index (Phi) is 5.87. The van der Waals surface area contributed by atoms with Gasteiger partial charge in [0.25, 0.3) is 5.91 Å². The number of aromatic nitrogens is 1. The van der Waals surface area contributed by atoms with E-state index in [4.69, 9.17) is 10.8 Å². The Hall–Kier alpha value is -2.40. The van der Waals surface area contributed by atoms with Crippen LogP contribution in [0.3, 0.4) is 0 Å². The number of hydrogen-bond acceptors (Lipinski definition) is 5. The van der Waals surface area contributed by atoms with Gasteiger partial charge in [-0.3, -0.25) is 14.4 Å². The molecule has 128 valence electrons. The number of carboxylic acids is 1. The predicted molar refractivity (Wildman–Crippen MR) is 79.0 cm³/mol. The summed E-state index contributed by atoms with van der Waals surface area (Å²) in [6.07, 6.45) is 1.06. The molecular weight excluding hydrogens is 328 g/mol. The molecule has 0 aliphatic rings. The van der Waals surface area contributed by atoms with Crippen LogP contribution in [-0.2, 0) is 19.6 Å². The molecule has 0 aromatic carbocycles. The molecular formula is C12H18N4O6S. The standard InChI is InChI=1S/C12H18N4O6S/c1-7(2)16(6-11(18)19)10(17)5-15-23(21,22)8-3-9(12(13)20)14-4-8/h3-4,7,14-15H,5-6H2,1-2H3,(H2,13,20)(H,18,19). The Balaban J connectivity index is 2.79. The van der Waals surface area contributed by atoms with Crippen LogP contribution < -0.4 is 10.5 Å². The number of carboxylic acid groups (broad SMARTS) is 1. The highest BCUT2D eigenvalue weighted by Crippen LogP contribution is 2.10. The Labute approximate surface area is 132 Å². The highest BCUT2D eigenvalue weighted by atomic mass is 32.2. The van der Waals surface area contributed by atoms with Crippen molar-refractivity contribution in [3.05, 3.63) is 18.0 Å². The first-order valence-electron chi connectivity index (χ1n) is 6.53. The topological polar surface area (TPSA) is 163 Å². The second-order valence-corrected chi connectivity index (χ2v) is 6.71. The third kappa shape index (κ3) is 5.07. The molecule has 0 unspecified atom stereocenters. The summed E-state index contributed by atoms with van der Waals surface area (Å²) in [5, 5.41) is 8.76. The Morgan fingerprint density at radius 3 is 2.43 bits per heavy atom. The molecule has 1 aromatic heterocycles. The van der Waals surface area contributed by atoms with Crippen LogP contribution in [0.25, 0.3) is 0 Å². The normalized spacial score (nSPS) is 11.4. The van der Waals surface area contributed by atoms with Crippen molar-refractivity contribution in [1.29, 1.82) is 0 Å². The molecule has 0 aliphatic heterocycles. The number of nitrogens with one attached hydrogen (secondary N) is 2. The van der Waals surface area contributed by atoms with Crippen LogP contribution in [0.5, 0.6) is 0 Å². The van der Waals surface area contributed by atoms with Gasteiger partial charge in [0.2, 0.25) is 15.9 Å². The van der Waals surface area contributed by atoms with Gasteiger partial charge in [0.05, 0.1) is 6.54 Å². The van der Waals surface area contributed by atoms with E-state index in [9.17, 15) is 22.8 Å². The van der Waals surface area contributed by atoms with Crippen molar-refractivity contribution >= 4 is 27.8 Å². The molecule has 2 amide bonds. The van der Waals surface area contributed by atoms with Gasteiger partial charge in [-0.25, -0.2) is 13.1 Å². The minimum absolute atomic E-state index is 0.0913. The Bertz CT molecular complexity index is 709. The van der Waals surface area contributed by atoms with E-state index in [0.29, 0.717) is 0 Å². The SMILES string of the molecule is CC(C)N(CC(=O)O)C(=O)CNS(=O)(=O)c1c[nH]c(C(N)=O)c1. The highest BCUT2D eigenvalue weighted by molar-refractivity contribution is 7.89. The summed E-state index contributed by atoms with van der Waals surface area (Å²) in [6, 6.07) is 0.629. The van der Waals surface area contributed by atoms with Gasteiger partial charge in [0.15, 0.2) is 0 Å². The first-order chi connectivity index (χ1) is 10.5. The first kappa shape index (κ1) is 18.6. The summed E-state index contributed by atoms with van der Waals surface area (Å²) in [4.78, 5) is 36.8. The van der Waals surface area contributed by atoms with Crippen molar-refractivity contribution in [2.24, 2.45) is 5.73 Å². The average molecular weight is 346 g/mol. The number of sulfonamides is 1. The molecule has 0 saturated heterocycles. The molecule has 1 rings (SSSR count). The zero-order valence-electron chi connectivity index (χ0n) is 12.6. The number of hydrogen-bond donors (Lipinski definition) is 4. The molecule has 5 N–H and O–H groups in total. The van der Waals surface area contributed by atoms with Crippen LogP contribution in [0.2, 0.25) is 0 Å². The van der Waals surface area contributed by atoms with E-state index in [1.54, 1.807) is 13.8 Å². The lowest BCUT2D eigenvalue weighted by Gasteiger charge is -2.24. The minimum atomic E-state index is -4.04. The number of nitrogens with two attached hydrogens (primary N) is 1. The molecule has 0 aliphatic carbocycles. The Morgan fingerprint density at radius 2 is 2.00 bits per heavy atom. The van der Waals surface area contributed by atoms with Crippen LogP contribution >= 0.6 is 0 Å². The van der Waals surface area contributed by atoms with E-state index in [2.05, 4.69) is 9.71 Å². The van der Waals surface area contributed by atoms with Crippen LogP contribution in [0.4, 0.5) is 0 Å². The van der Waals surface area contributed by atoms with Crippen LogP contribution in [0.1, 0.15) is 24.3 Å². The lowest BCUT2D eigenvalue weighted by molar-refractivity contribution is -0.145. The second-order valence-electron chi connectivity index (χ2n) is 4.95. The monoisotopic (exact) mass is 346 g/mol. The maximum atomic E-state index is 12.0. The molecule has 0 bridgehead atoms. The molecule has 0 radical (unpaired) electrons. The van der Waals surface area contributed by atoms with Crippen molar-refractivity contribution in [3.63, 3.8) is 0 Å². The van der Waals surface area contributed by atoms with Crippen LogP contribution in [-0.4, -0.2) is 60.3 Å². The summed E-state index contributed by atoms with van der Waals surface area (Å²) >= 11 is 0. The van der Waals surface area contributed by atoms with E-state index < -0.39 is 46.9 Å². The van der Waals surface area contributed by atoms with E-state index in [1.165, 1.54) is 0 Å². The lowest BCUT2D eigenvalue weighted by atomic mass is 10.3. The summed E-state index contributed by atoms with van der Waals surface area (Å²) < 4.78 is 26.1. The molecule has 11 heteroatoms. The maximum Gasteiger partial charge on any atom is 0.323 e. The largest absolute Gasteiger partial charge is 0.480 e. The molecule has 1 heterocycles. The molecule has 23 heavy (non-hydrogen) atoms. The fraction of sp³-hybridized carbons (Fsp3) is 0.417. The maximum absolute atomic E-state index is 12.0. The summed E-state index contributed by atoms with van der Waals surface area (Å²) in [7, 11) is -4.04. The number of aromatic amines is 1. The van der Waals surface area contributed by atoms with Gasteiger partial charge in [-0.15, -0.1) is 0 Å². The van der Waals surface area contributed by atoms with Gasteiger partial charge < -0.3 is 20.7 Å². The van der Waals surface area contributed by atoms with E-state index in [0.717, 1.165) is 17.2 Å². The van der Waals surface area contributed by atoms with E-state index in [1.807, 2.05) is 0 Å². The smallest absolute Gasteiger partial charge is 0.323 e. The first-order valence-corrected chi connectivity index (χ1v) is 8.02. The van der Waals surface area contributed by atoms with E-state index in [-0.39, 0.29) is 10.6 Å². The van der Waals surface area contributed by atoms with Gasteiger partial charge in [-0.05, 0) is 19.9 Å². The molecule has 0 saturated carbocycles. The lowest BCUT2D eigenvalue weighted by Crippen LogP contribution is -2.45. The summed E-state index contributed by atoms with van der Waals surface area (Å²) in [6.45, 7) is 2.08. The van der Waals surface area contributed by atoms with Gasteiger partial charge in [-0.2, -0.15) is 0 Å². The fourth-order valence-electron chi connectivity index (χ4n) is 1.72. The summed E-state index contributed by atoms with van der Waals surface area (Å²) in [5.74, 6) is -2.71. The fourth-order valence-corrected chi connectivity index (χ4v) is 2.69. The molecule has 0 fully saturated rings. The Morgan fingerprint density at radius 1 is 1.39 bits per heavy atom. The van der Waals surface area contributed by atoms with Crippen molar-refractivity contribution in [3.8, 4) is 0 Å². The van der Waals surface area contributed by atoms with Crippen LogP contribution in [0, 0.1) is 0 Å². The molecule has 0 atom stereocenters.